The number of carbonyl (C=O) groups is 1. The van der Waals surface area contributed by atoms with Gasteiger partial charge < -0.3 is 0 Å². The number of hydrogen-bond acceptors (Lipinski definition) is 2. The molecule has 0 saturated carbocycles. The van der Waals surface area contributed by atoms with Crippen LogP contribution in [0.3, 0.4) is 0 Å². The van der Waals surface area contributed by atoms with E-state index < -0.39 is 0 Å². The van der Waals surface area contributed by atoms with Crippen LogP contribution in [0.15, 0.2) is 18.5 Å². The molecule has 0 amide bonds. The molecule has 0 fully saturated rings. The fourth-order valence-electron chi connectivity index (χ4n) is 1.41. The van der Waals surface area contributed by atoms with Crippen molar-refractivity contribution in [2.45, 2.75) is 13.8 Å². The van der Waals surface area contributed by atoms with E-state index in [0.717, 1.165) is 20.2 Å². The van der Waals surface area contributed by atoms with Crippen molar-refractivity contribution in [2.24, 2.45) is 0 Å². The second-order valence-electron chi connectivity index (χ2n) is 3.20. The quantitative estimate of drug-likeness (QED) is 0.701. The Bertz CT molecular complexity index is 516. The number of halogens is 1. The van der Waals surface area contributed by atoms with Crippen LogP contribution in [0.25, 0.3) is 11.0 Å². The molecule has 0 aliphatic rings. The first-order chi connectivity index (χ1) is 6.61. The first-order valence-electron chi connectivity index (χ1n) is 4.24. The molecule has 14 heavy (non-hydrogen) atoms. The number of rotatable bonds is 0. The molecule has 2 rings (SSSR count). The molecule has 0 N–H and O–H groups in total. The van der Waals surface area contributed by atoms with Gasteiger partial charge in [-0.2, -0.15) is 0 Å². The number of aryl methyl sites for hydroxylation is 1. The maximum atomic E-state index is 11.2. The van der Waals surface area contributed by atoms with Gasteiger partial charge >= 0.3 is 0 Å². The van der Waals surface area contributed by atoms with E-state index in [9.17, 15) is 4.79 Å². The maximum absolute atomic E-state index is 11.2. The lowest BCUT2D eigenvalue weighted by atomic mass is 10.2. The molecular weight excluding hydrogens is 291 g/mol. The predicted molar refractivity (Wildman–Crippen MR) is 63.5 cm³/mol. The second kappa shape index (κ2) is 3.34. The summed E-state index contributed by atoms with van der Waals surface area (Å²) in [5, 5.41) is 1.04. The normalized spacial score (nSPS) is 10.8. The highest BCUT2D eigenvalue weighted by molar-refractivity contribution is 14.1. The Labute approximate surface area is 95.3 Å². The zero-order chi connectivity index (χ0) is 10.3. The molecular formula is C10H9IN2O. The molecule has 2 aromatic rings. The van der Waals surface area contributed by atoms with Crippen molar-refractivity contribution < 1.29 is 4.79 Å². The Hall–Kier alpha value is -0.910. The lowest BCUT2D eigenvalue weighted by Gasteiger charge is -2.01. The summed E-state index contributed by atoms with van der Waals surface area (Å²) >= 11 is 2.27. The fourth-order valence-corrected chi connectivity index (χ4v) is 1.97. The Kier molecular flexibility index (Phi) is 2.30. The van der Waals surface area contributed by atoms with Gasteiger partial charge in [0.25, 0.3) is 0 Å². The van der Waals surface area contributed by atoms with Crippen molar-refractivity contribution in [3.8, 4) is 0 Å². The zero-order valence-electron chi connectivity index (χ0n) is 7.91. The van der Waals surface area contributed by atoms with E-state index in [-0.39, 0.29) is 5.91 Å². The average molecular weight is 300 g/mol. The lowest BCUT2D eigenvalue weighted by molar-refractivity contribution is 0.0941. The van der Waals surface area contributed by atoms with Crippen LogP contribution in [0.4, 0.5) is 0 Å². The summed E-state index contributed by atoms with van der Waals surface area (Å²) in [6.45, 7) is 3.55. The van der Waals surface area contributed by atoms with Crippen LogP contribution in [0.5, 0.6) is 0 Å². The summed E-state index contributed by atoms with van der Waals surface area (Å²) in [6.07, 6.45) is 3.56. The Balaban J connectivity index is 2.83. The Morgan fingerprint density at radius 1 is 1.57 bits per heavy atom. The molecule has 0 unspecified atom stereocenters. The summed E-state index contributed by atoms with van der Waals surface area (Å²) in [7, 11) is 0. The topological polar surface area (TPSA) is 34.9 Å². The van der Waals surface area contributed by atoms with Gasteiger partial charge in [0.15, 0.2) is 0 Å². The van der Waals surface area contributed by atoms with E-state index in [1.54, 1.807) is 17.0 Å². The molecule has 2 heterocycles. The Morgan fingerprint density at radius 3 is 2.93 bits per heavy atom. The SMILES string of the molecule is CC(=O)n1ccc2c(I)c(C)cnc21. The van der Waals surface area contributed by atoms with Gasteiger partial charge in [-0.15, -0.1) is 0 Å². The van der Waals surface area contributed by atoms with Crippen LogP contribution in [0.1, 0.15) is 17.3 Å². The summed E-state index contributed by atoms with van der Waals surface area (Å²) in [5.41, 5.74) is 1.88. The van der Waals surface area contributed by atoms with E-state index in [2.05, 4.69) is 27.6 Å². The van der Waals surface area contributed by atoms with Gasteiger partial charge in [0, 0.05) is 28.3 Å². The monoisotopic (exact) mass is 300 g/mol. The van der Waals surface area contributed by atoms with Crippen LogP contribution >= 0.6 is 22.6 Å². The van der Waals surface area contributed by atoms with E-state index in [0.29, 0.717) is 0 Å². The van der Waals surface area contributed by atoms with Crippen LogP contribution in [-0.4, -0.2) is 15.5 Å². The molecule has 2 aromatic heterocycles. The van der Waals surface area contributed by atoms with Gasteiger partial charge in [0.1, 0.15) is 5.65 Å². The second-order valence-corrected chi connectivity index (χ2v) is 4.28. The summed E-state index contributed by atoms with van der Waals surface area (Å²) < 4.78 is 2.73. The first kappa shape index (κ1) is 9.64. The van der Waals surface area contributed by atoms with Crippen molar-refractivity contribution in [3.05, 3.63) is 27.6 Å². The van der Waals surface area contributed by atoms with Gasteiger partial charge in [-0.25, -0.2) is 4.98 Å². The van der Waals surface area contributed by atoms with E-state index >= 15 is 0 Å². The molecule has 0 saturated heterocycles. The largest absolute Gasteiger partial charge is 0.274 e. The van der Waals surface area contributed by atoms with Crippen molar-refractivity contribution in [1.29, 1.82) is 0 Å². The zero-order valence-corrected chi connectivity index (χ0v) is 10.1. The number of nitrogens with zero attached hydrogens (tertiary/aromatic N) is 2. The highest BCUT2D eigenvalue weighted by Gasteiger charge is 2.09. The smallest absolute Gasteiger partial charge is 0.229 e. The molecule has 3 nitrogen and oxygen atoms in total. The molecule has 0 aliphatic heterocycles. The highest BCUT2D eigenvalue weighted by Crippen LogP contribution is 2.22. The van der Waals surface area contributed by atoms with E-state index in [4.69, 9.17) is 0 Å². The van der Waals surface area contributed by atoms with Crippen molar-refractivity contribution in [2.75, 3.05) is 0 Å². The molecule has 0 radical (unpaired) electrons. The van der Waals surface area contributed by atoms with Crippen LogP contribution < -0.4 is 0 Å². The van der Waals surface area contributed by atoms with Gasteiger partial charge in [-0.3, -0.25) is 9.36 Å². The molecule has 0 bridgehead atoms. The molecule has 4 heteroatoms. The van der Waals surface area contributed by atoms with Crippen molar-refractivity contribution in [1.82, 2.24) is 9.55 Å². The summed E-state index contributed by atoms with van der Waals surface area (Å²) in [4.78, 5) is 15.5. The fraction of sp³-hybridized carbons (Fsp3) is 0.200. The predicted octanol–water partition coefficient (Wildman–Crippen LogP) is 2.61. The van der Waals surface area contributed by atoms with Crippen LogP contribution in [0.2, 0.25) is 0 Å². The standard InChI is InChI=1S/C10H9IN2O/c1-6-5-12-10-8(9(6)11)3-4-13(10)7(2)14/h3-5H,1-2H3. The van der Waals surface area contributed by atoms with Crippen LogP contribution in [0, 0.1) is 10.5 Å². The number of carbonyl (C=O) groups excluding carboxylic acids is 1. The van der Waals surface area contributed by atoms with Gasteiger partial charge in [-0.05, 0) is 41.1 Å². The molecule has 0 aliphatic carbocycles. The maximum Gasteiger partial charge on any atom is 0.229 e. The number of hydrogen-bond donors (Lipinski definition) is 0. The van der Waals surface area contributed by atoms with E-state index in [1.165, 1.54) is 6.92 Å². The van der Waals surface area contributed by atoms with Crippen molar-refractivity contribution in [3.63, 3.8) is 0 Å². The van der Waals surface area contributed by atoms with Gasteiger partial charge in [0.2, 0.25) is 5.91 Å². The first-order valence-corrected chi connectivity index (χ1v) is 5.32. The minimum absolute atomic E-state index is 0.00727. The van der Waals surface area contributed by atoms with E-state index in [1.807, 2.05) is 13.0 Å². The molecule has 0 spiro atoms. The molecule has 72 valence electrons. The third kappa shape index (κ3) is 1.33. The molecule has 0 atom stereocenters. The minimum Gasteiger partial charge on any atom is -0.274 e. The highest BCUT2D eigenvalue weighted by atomic mass is 127. The lowest BCUT2D eigenvalue weighted by Crippen LogP contribution is -2.04. The Morgan fingerprint density at radius 2 is 2.29 bits per heavy atom. The minimum atomic E-state index is -0.00727. The van der Waals surface area contributed by atoms with Crippen LogP contribution in [-0.2, 0) is 0 Å². The third-order valence-electron chi connectivity index (χ3n) is 2.16. The summed E-state index contributed by atoms with van der Waals surface area (Å²) in [5.74, 6) is -0.00727. The number of fused-ring (bicyclic) bond motifs is 1. The third-order valence-corrected chi connectivity index (χ3v) is 3.59. The van der Waals surface area contributed by atoms with Crippen molar-refractivity contribution >= 4 is 39.5 Å². The molecule has 0 aromatic carbocycles. The number of pyridine rings is 1. The van der Waals surface area contributed by atoms with Gasteiger partial charge in [-0.1, -0.05) is 0 Å². The number of aromatic nitrogens is 2. The van der Waals surface area contributed by atoms with Gasteiger partial charge in [0.05, 0.1) is 0 Å². The average Bonchev–Trinajstić information content (AvgIpc) is 2.55. The summed E-state index contributed by atoms with van der Waals surface area (Å²) in [6, 6.07) is 1.93.